The van der Waals surface area contributed by atoms with Crippen molar-refractivity contribution in [2.24, 2.45) is 0 Å². The molecule has 1 aromatic heterocycles. The summed E-state index contributed by atoms with van der Waals surface area (Å²) in [6, 6.07) is 14.3. The van der Waals surface area contributed by atoms with Crippen LogP contribution >= 0.6 is 0 Å². The van der Waals surface area contributed by atoms with Gasteiger partial charge in [-0.25, -0.2) is 4.68 Å². The molecule has 0 aliphatic rings. The molecule has 0 fully saturated rings. The molecule has 0 saturated carbocycles. The molecule has 154 valence electrons. The van der Waals surface area contributed by atoms with Crippen LogP contribution in [0.3, 0.4) is 0 Å². The maximum absolute atomic E-state index is 6.00. The normalized spacial score (nSPS) is 10.7. The molecule has 7 nitrogen and oxygen atoms in total. The van der Waals surface area contributed by atoms with Gasteiger partial charge in [-0.1, -0.05) is 54.3 Å². The first-order valence-corrected chi connectivity index (χ1v) is 10.1. The molecule has 0 bridgehead atoms. The van der Waals surface area contributed by atoms with E-state index >= 15 is 0 Å². The van der Waals surface area contributed by atoms with Gasteiger partial charge in [0.25, 0.3) is 0 Å². The van der Waals surface area contributed by atoms with Crippen LogP contribution in [-0.2, 0) is 19.7 Å². The van der Waals surface area contributed by atoms with Crippen LogP contribution in [0.5, 0.6) is 11.5 Å². The fourth-order valence-corrected chi connectivity index (χ4v) is 2.87. The third kappa shape index (κ3) is 5.94. The van der Waals surface area contributed by atoms with E-state index in [1.165, 1.54) is 5.56 Å². The molecular formula is C22H29N5O2. The highest BCUT2D eigenvalue weighted by atomic mass is 16.5. The standard InChI is InChI=1S/C22H29N5O2/c1-4-6-13-27-22(24-25-26-27)23-15-19-11-12-20(21(14-19)28-5-2)29-16-18-9-7-17(3)8-10-18/h7-12,14H,4-6,13,15-16H2,1-3H3,(H,23,24,26). The van der Waals surface area contributed by atoms with Gasteiger partial charge in [0.1, 0.15) is 6.61 Å². The summed E-state index contributed by atoms with van der Waals surface area (Å²) in [5.41, 5.74) is 3.44. The molecule has 0 radical (unpaired) electrons. The maximum Gasteiger partial charge on any atom is 0.243 e. The van der Waals surface area contributed by atoms with E-state index in [4.69, 9.17) is 9.47 Å². The number of unbranched alkanes of at least 4 members (excludes halogenated alkanes) is 1. The molecule has 0 amide bonds. The number of rotatable bonds is 11. The lowest BCUT2D eigenvalue weighted by Crippen LogP contribution is -2.09. The Hall–Kier alpha value is -3.09. The molecule has 29 heavy (non-hydrogen) atoms. The van der Waals surface area contributed by atoms with E-state index in [2.05, 4.69) is 59.0 Å². The Morgan fingerprint density at radius 2 is 1.76 bits per heavy atom. The number of aromatic nitrogens is 4. The average molecular weight is 396 g/mol. The van der Waals surface area contributed by atoms with Gasteiger partial charge >= 0.3 is 0 Å². The van der Waals surface area contributed by atoms with Crippen molar-refractivity contribution in [3.8, 4) is 11.5 Å². The van der Waals surface area contributed by atoms with Crippen molar-refractivity contribution in [1.82, 2.24) is 20.2 Å². The number of benzene rings is 2. The second-order valence-corrected chi connectivity index (χ2v) is 6.92. The highest BCUT2D eigenvalue weighted by Crippen LogP contribution is 2.29. The first-order chi connectivity index (χ1) is 14.2. The van der Waals surface area contributed by atoms with Crippen molar-refractivity contribution in [1.29, 1.82) is 0 Å². The van der Waals surface area contributed by atoms with E-state index in [9.17, 15) is 0 Å². The monoisotopic (exact) mass is 395 g/mol. The third-order valence-corrected chi connectivity index (χ3v) is 4.53. The van der Waals surface area contributed by atoms with Gasteiger partial charge < -0.3 is 14.8 Å². The van der Waals surface area contributed by atoms with Gasteiger partial charge in [0.15, 0.2) is 11.5 Å². The van der Waals surface area contributed by atoms with Crippen LogP contribution < -0.4 is 14.8 Å². The lowest BCUT2D eigenvalue weighted by atomic mass is 10.1. The Morgan fingerprint density at radius 1 is 0.966 bits per heavy atom. The van der Waals surface area contributed by atoms with E-state index in [0.717, 1.165) is 42.0 Å². The van der Waals surface area contributed by atoms with Crippen molar-refractivity contribution in [2.75, 3.05) is 11.9 Å². The van der Waals surface area contributed by atoms with Crippen molar-refractivity contribution < 1.29 is 9.47 Å². The third-order valence-electron chi connectivity index (χ3n) is 4.53. The molecule has 0 aliphatic carbocycles. The summed E-state index contributed by atoms with van der Waals surface area (Å²) in [6.45, 7) is 8.68. The van der Waals surface area contributed by atoms with E-state index in [1.54, 1.807) is 4.68 Å². The van der Waals surface area contributed by atoms with E-state index < -0.39 is 0 Å². The minimum Gasteiger partial charge on any atom is -0.490 e. The highest BCUT2D eigenvalue weighted by molar-refractivity contribution is 5.44. The van der Waals surface area contributed by atoms with Gasteiger partial charge in [0.2, 0.25) is 5.95 Å². The molecule has 3 aromatic rings. The van der Waals surface area contributed by atoms with Crippen LogP contribution in [0.25, 0.3) is 0 Å². The van der Waals surface area contributed by atoms with Crippen molar-refractivity contribution in [3.63, 3.8) is 0 Å². The van der Waals surface area contributed by atoms with Crippen LogP contribution in [0.2, 0.25) is 0 Å². The molecule has 0 saturated heterocycles. The average Bonchev–Trinajstić information content (AvgIpc) is 3.19. The van der Waals surface area contributed by atoms with Crippen molar-refractivity contribution in [2.45, 2.75) is 53.3 Å². The predicted molar refractivity (Wildman–Crippen MR) is 113 cm³/mol. The summed E-state index contributed by atoms with van der Waals surface area (Å²) >= 11 is 0. The first-order valence-electron chi connectivity index (χ1n) is 10.1. The molecule has 0 aliphatic heterocycles. The number of anilines is 1. The second kappa shape index (κ2) is 10.5. The fourth-order valence-electron chi connectivity index (χ4n) is 2.87. The number of nitrogens with zero attached hydrogens (tertiary/aromatic N) is 4. The van der Waals surface area contributed by atoms with Crippen LogP contribution in [-0.4, -0.2) is 26.8 Å². The zero-order chi connectivity index (χ0) is 20.5. The zero-order valence-electron chi connectivity index (χ0n) is 17.4. The van der Waals surface area contributed by atoms with Gasteiger partial charge in [-0.15, -0.1) is 0 Å². The number of hydrogen-bond acceptors (Lipinski definition) is 6. The largest absolute Gasteiger partial charge is 0.490 e. The summed E-state index contributed by atoms with van der Waals surface area (Å²) < 4.78 is 13.6. The summed E-state index contributed by atoms with van der Waals surface area (Å²) in [5.74, 6) is 2.16. The van der Waals surface area contributed by atoms with E-state index in [-0.39, 0.29) is 0 Å². The Labute approximate surface area is 172 Å². The minimum atomic E-state index is 0.504. The number of nitrogens with one attached hydrogen (secondary N) is 1. The molecule has 2 aromatic carbocycles. The molecule has 1 heterocycles. The van der Waals surface area contributed by atoms with Crippen LogP contribution in [0, 0.1) is 6.92 Å². The lowest BCUT2D eigenvalue weighted by molar-refractivity contribution is 0.269. The quantitative estimate of drug-likeness (QED) is 0.520. The van der Waals surface area contributed by atoms with Gasteiger partial charge in [0, 0.05) is 13.1 Å². The van der Waals surface area contributed by atoms with Crippen LogP contribution in [0.4, 0.5) is 5.95 Å². The molecule has 7 heteroatoms. The molecular weight excluding hydrogens is 366 g/mol. The van der Waals surface area contributed by atoms with Crippen molar-refractivity contribution in [3.05, 3.63) is 59.2 Å². The van der Waals surface area contributed by atoms with Crippen molar-refractivity contribution >= 4 is 5.95 Å². The Kier molecular flexibility index (Phi) is 7.44. The smallest absolute Gasteiger partial charge is 0.243 e. The molecule has 0 unspecified atom stereocenters. The number of tetrazole rings is 1. The van der Waals surface area contributed by atoms with Crippen LogP contribution in [0.1, 0.15) is 43.4 Å². The Bertz CT molecular complexity index is 892. The summed E-state index contributed by atoms with van der Waals surface area (Å²) in [5, 5.41) is 15.2. The summed E-state index contributed by atoms with van der Waals surface area (Å²) in [7, 11) is 0. The van der Waals surface area contributed by atoms with Crippen LogP contribution in [0.15, 0.2) is 42.5 Å². The minimum absolute atomic E-state index is 0.504. The lowest BCUT2D eigenvalue weighted by Gasteiger charge is -2.14. The predicted octanol–water partition coefficient (Wildman–Crippen LogP) is 4.37. The highest BCUT2D eigenvalue weighted by Gasteiger charge is 2.09. The molecule has 0 spiro atoms. The molecule has 1 N–H and O–H groups in total. The second-order valence-electron chi connectivity index (χ2n) is 6.92. The van der Waals surface area contributed by atoms with Gasteiger partial charge in [-0.2, -0.15) is 0 Å². The summed E-state index contributed by atoms with van der Waals surface area (Å²) in [6.07, 6.45) is 2.14. The summed E-state index contributed by atoms with van der Waals surface area (Å²) in [4.78, 5) is 0. The van der Waals surface area contributed by atoms with E-state index in [0.29, 0.717) is 25.7 Å². The SMILES string of the molecule is CCCCn1nnnc1NCc1ccc(OCc2ccc(C)cc2)c(OCC)c1. The van der Waals surface area contributed by atoms with Gasteiger partial charge in [0.05, 0.1) is 6.61 Å². The Balaban J connectivity index is 1.64. The topological polar surface area (TPSA) is 74.1 Å². The number of hydrogen-bond donors (Lipinski definition) is 1. The molecule has 3 rings (SSSR count). The number of aryl methyl sites for hydroxylation is 2. The maximum atomic E-state index is 6.00. The fraction of sp³-hybridized carbons (Fsp3) is 0.409. The van der Waals surface area contributed by atoms with Gasteiger partial charge in [-0.3, -0.25) is 0 Å². The van der Waals surface area contributed by atoms with Gasteiger partial charge in [-0.05, 0) is 54.0 Å². The Morgan fingerprint density at radius 3 is 2.52 bits per heavy atom. The molecule has 0 atom stereocenters. The number of ether oxygens (including phenoxy) is 2. The van der Waals surface area contributed by atoms with E-state index in [1.807, 2.05) is 25.1 Å². The zero-order valence-corrected chi connectivity index (χ0v) is 17.4. The first kappa shape index (κ1) is 20.6.